The second-order valence-electron chi connectivity index (χ2n) is 1.46. The first kappa shape index (κ1) is 8.27. The summed E-state index contributed by atoms with van der Waals surface area (Å²) < 4.78 is 4.81. The Labute approximate surface area is 54.8 Å². The molecule has 0 heterocycles. The van der Waals surface area contributed by atoms with Crippen molar-refractivity contribution in [2.24, 2.45) is 5.73 Å². The summed E-state index contributed by atoms with van der Waals surface area (Å²) >= 11 is 1.78. The minimum atomic E-state index is 0.788. The third-order valence-electron chi connectivity index (χ3n) is 0.694. The molecule has 0 rings (SSSR count). The molecule has 0 atom stereocenters. The highest BCUT2D eigenvalue weighted by atomic mass is 32.2. The number of hydrogen-bond acceptors (Lipinski definition) is 3. The van der Waals surface area contributed by atoms with Gasteiger partial charge in [0, 0.05) is 7.11 Å². The zero-order chi connectivity index (χ0) is 6.24. The minimum Gasteiger partial charge on any atom is -0.374 e. The van der Waals surface area contributed by atoms with Gasteiger partial charge in [-0.1, -0.05) is 0 Å². The van der Waals surface area contributed by atoms with Gasteiger partial charge in [0.1, 0.15) is 0 Å². The quantitative estimate of drug-likeness (QED) is 0.444. The van der Waals surface area contributed by atoms with Crippen LogP contribution in [0.2, 0.25) is 0 Å². The first-order valence-corrected chi connectivity index (χ1v) is 3.84. The fourth-order valence-corrected chi connectivity index (χ4v) is 0.983. The molecule has 0 bridgehead atoms. The lowest BCUT2D eigenvalue weighted by Gasteiger charge is -1.95. The van der Waals surface area contributed by atoms with E-state index in [1.807, 2.05) is 0 Å². The summed E-state index contributed by atoms with van der Waals surface area (Å²) in [6, 6.07) is 0. The molecule has 8 heavy (non-hydrogen) atoms. The molecule has 0 aliphatic rings. The van der Waals surface area contributed by atoms with Gasteiger partial charge in [-0.05, 0) is 18.7 Å². The molecule has 2 nitrogen and oxygen atoms in total. The van der Waals surface area contributed by atoms with Gasteiger partial charge in [0.2, 0.25) is 0 Å². The van der Waals surface area contributed by atoms with E-state index in [0.29, 0.717) is 0 Å². The van der Waals surface area contributed by atoms with E-state index in [2.05, 4.69) is 0 Å². The summed E-state index contributed by atoms with van der Waals surface area (Å²) in [5, 5.41) is 0. The zero-order valence-electron chi connectivity index (χ0n) is 5.22. The molecule has 0 saturated carbocycles. The fourth-order valence-electron chi connectivity index (χ4n) is 0.328. The molecule has 0 aliphatic carbocycles. The lowest BCUT2D eigenvalue weighted by atomic mass is 10.5. The molecule has 0 amide bonds. The van der Waals surface area contributed by atoms with Crippen LogP contribution in [-0.4, -0.2) is 25.3 Å². The topological polar surface area (TPSA) is 35.2 Å². The van der Waals surface area contributed by atoms with Gasteiger partial charge in [-0.25, -0.2) is 0 Å². The molecule has 50 valence electrons. The van der Waals surface area contributed by atoms with E-state index in [0.717, 1.165) is 24.7 Å². The van der Waals surface area contributed by atoms with Gasteiger partial charge in [-0.15, -0.1) is 11.8 Å². The number of nitrogens with two attached hydrogens (primary N) is 1. The van der Waals surface area contributed by atoms with Crippen LogP contribution in [0.15, 0.2) is 0 Å². The average Bonchev–Trinajstić information content (AvgIpc) is 1.81. The Morgan fingerprint density at radius 3 is 2.88 bits per heavy atom. The highest BCUT2D eigenvalue weighted by Crippen LogP contribution is 1.99. The number of rotatable bonds is 5. The molecule has 0 fully saturated rings. The number of methoxy groups -OCH3 is 1. The van der Waals surface area contributed by atoms with Gasteiger partial charge in [-0.3, -0.25) is 0 Å². The molecule has 0 aromatic heterocycles. The molecular weight excluding hydrogens is 122 g/mol. The van der Waals surface area contributed by atoms with Crippen molar-refractivity contribution in [3.8, 4) is 0 Å². The smallest absolute Gasteiger partial charge is 0.0917 e. The van der Waals surface area contributed by atoms with Crippen molar-refractivity contribution in [3.05, 3.63) is 0 Å². The summed E-state index contributed by atoms with van der Waals surface area (Å²) in [4.78, 5) is 0. The summed E-state index contributed by atoms with van der Waals surface area (Å²) in [7, 11) is 1.70. The lowest BCUT2D eigenvalue weighted by Crippen LogP contribution is -1.99. The van der Waals surface area contributed by atoms with Crippen molar-refractivity contribution in [2.45, 2.75) is 6.42 Å². The second-order valence-corrected chi connectivity index (χ2v) is 2.51. The number of hydrogen-bond donors (Lipinski definition) is 1. The van der Waals surface area contributed by atoms with Crippen LogP contribution in [0.25, 0.3) is 0 Å². The van der Waals surface area contributed by atoms with Crippen molar-refractivity contribution in [3.63, 3.8) is 0 Å². The Balaban J connectivity index is 2.53. The first-order chi connectivity index (χ1) is 3.91. The Hall–Kier alpha value is 0.270. The largest absolute Gasteiger partial charge is 0.374 e. The number of thioether (sulfide) groups is 1. The van der Waals surface area contributed by atoms with Crippen molar-refractivity contribution in [1.29, 1.82) is 0 Å². The first-order valence-electron chi connectivity index (χ1n) is 2.68. The van der Waals surface area contributed by atoms with E-state index in [1.165, 1.54) is 0 Å². The van der Waals surface area contributed by atoms with Gasteiger partial charge in [0.15, 0.2) is 0 Å². The van der Waals surface area contributed by atoms with Gasteiger partial charge < -0.3 is 10.5 Å². The monoisotopic (exact) mass is 135 g/mol. The third-order valence-corrected chi connectivity index (χ3v) is 1.67. The highest BCUT2D eigenvalue weighted by Gasteiger charge is 1.83. The normalized spacial score (nSPS) is 9.75. The molecule has 2 N–H and O–H groups in total. The van der Waals surface area contributed by atoms with Crippen molar-refractivity contribution in [2.75, 3.05) is 25.3 Å². The van der Waals surface area contributed by atoms with Gasteiger partial charge in [0.05, 0.1) is 5.94 Å². The van der Waals surface area contributed by atoms with Crippen LogP contribution in [-0.2, 0) is 4.74 Å². The van der Waals surface area contributed by atoms with Crippen molar-refractivity contribution >= 4 is 11.8 Å². The van der Waals surface area contributed by atoms with Crippen molar-refractivity contribution in [1.82, 2.24) is 0 Å². The third kappa shape index (κ3) is 6.27. The molecule has 0 aliphatic heterocycles. The fraction of sp³-hybridized carbons (Fsp3) is 1.00. The molecule has 0 aromatic rings. The Kier molecular flexibility index (Phi) is 7.52. The highest BCUT2D eigenvalue weighted by molar-refractivity contribution is 7.99. The van der Waals surface area contributed by atoms with Crippen LogP contribution in [0.5, 0.6) is 0 Å². The van der Waals surface area contributed by atoms with E-state index >= 15 is 0 Å². The molecular formula is C5H13NOS. The Morgan fingerprint density at radius 2 is 2.38 bits per heavy atom. The molecule has 0 saturated heterocycles. The summed E-state index contributed by atoms with van der Waals surface area (Å²) in [6.45, 7) is 0.788. The molecule has 0 unspecified atom stereocenters. The van der Waals surface area contributed by atoms with Crippen LogP contribution in [0.1, 0.15) is 6.42 Å². The number of ether oxygens (including phenoxy) is 1. The maximum atomic E-state index is 5.26. The molecule has 0 radical (unpaired) electrons. The maximum absolute atomic E-state index is 5.26. The molecule has 0 spiro atoms. The SMILES string of the molecule is COCSCCCN. The lowest BCUT2D eigenvalue weighted by molar-refractivity contribution is 0.259. The van der Waals surface area contributed by atoms with Crippen LogP contribution in [0, 0.1) is 0 Å². The van der Waals surface area contributed by atoms with E-state index < -0.39 is 0 Å². The van der Waals surface area contributed by atoms with Gasteiger partial charge in [-0.2, -0.15) is 0 Å². The predicted octanol–water partition coefficient (Wildman–Crippen LogP) is 0.672. The minimum absolute atomic E-state index is 0.788. The van der Waals surface area contributed by atoms with E-state index in [1.54, 1.807) is 18.9 Å². The van der Waals surface area contributed by atoms with Crippen LogP contribution in [0.3, 0.4) is 0 Å². The zero-order valence-corrected chi connectivity index (χ0v) is 6.04. The Morgan fingerprint density at radius 1 is 1.62 bits per heavy atom. The van der Waals surface area contributed by atoms with E-state index in [9.17, 15) is 0 Å². The van der Waals surface area contributed by atoms with E-state index in [-0.39, 0.29) is 0 Å². The van der Waals surface area contributed by atoms with E-state index in [4.69, 9.17) is 10.5 Å². The summed E-state index contributed by atoms with van der Waals surface area (Å²) in [5.74, 6) is 1.91. The standard InChI is InChI=1S/C5H13NOS/c1-7-5-8-4-2-3-6/h2-6H2,1H3. The van der Waals surface area contributed by atoms with Gasteiger partial charge in [0.25, 0.3) is 0 Å². The predicted molar refractivity (Wildman–Crippen MR) is 38.0 cm³/mol. The Bertz CT molecular complexity index is 37.4. The van der Waals surface area contributed by atoms with Crippen molar-refractivity contribution < 1.29 is 4.74 Å². The summed E-state index contributed by atoms with van der Waals surface area (Å²) in [6.07, 6.45) is 1.09. The maximum Gasteiger partial charge on any atom is 0.0917 e. The van der Waals surface area contributed by atoms with Crippen LogP contribution < -0.4 is 5.73 Å². The second kappa shape index (κ2) is 7.27. The summed E-state index contributed by atoms with van der Waals surface area (Å²) in [5.41, 5.74) is 5.26. The molecule has 3 heteroatoms. The van der Waals surface area contributed by atoms with Crippen LogP contribution >= 0.6 is 11.8 Å². The average molecular weight is 135 g/mol. The van der Waals surface area contributed by atoms with Crippen LogP contribution in [0.4, 0.5) is 0 Å². The van der Waals surface area contributed by atoms with Gasteiger partial charge >= 0.3 is 0 Å². The molecule has 0 aromatic carbocycles.